The minimum absolute atomic E-state index is 0.492. The van der Waals surface area contributed by atoms with Gasteiger partial charge in [-0.2, -0.15) is 0 Å². The van der Waals surface area contributed by atoms with E-state index in [0.717, 1.165) is 6.42 Å². The molecule has 0 aliphatic rings. The highest BCUT2D eigenvalue weighted by atomic mass is 14.9. The Morgan fingerprint density at radius 1 is 1.20 bits per heavy atom. The Morgan fingerprint density at radius 3 is 2.40 bits per heavy atom. The molecule has 0 saturated carbocycles. The maximum atomic E-state index is 3.38. The fourth-order valence-electron chi connectivity index (χ4n) is 1.41. The molecule has 0 radical (unpaired) electrons. The molecule has 0 saturated heterocycles. The summed E-state index contributed by atoms with van der Waals surface area (Å²) < 4.78 is 0. The minimum Gasteiger partial charge on any atom is -0.383 e. The average Bonchev–Trinajstić information content (AvgIpc) is 2.20. The van der Waals surface area contributed by atoms with E-state index in [1.807, 2.05) is 0 Å². The molecule has 1 aromatic rings. The van der Waals surface area contributed by atoms with Crippen LogP contribution in [-0.4, -0.2) is 6.04 Å². The molecule has 1 N–H and O–H groups in total. The Hall–Kier alpha value is -1.24. The van der Waals surface area contributed by atoms with Gasteiger partial charge < -0.3 is 5.32 Å². The molecule has 0 aromatic heterocycles. The molecule has 0 unspecified atom stereocenters. The number of hydrogen-bond acceptors (Lipinski definition) is 1. The molecule has 0 fully saturated rings. The van der Waals surface area contributed by atoms with Crippen LogP contribution in [-0.2, 0) is 0 Å². The zero-order chi connectivity index (χ0) is 11.1. The molecule has 15 heavy (non-hydrogen) atoms. The lowest BCUT2D eigenvalue weighted by Gasteiger charge is -2.09. The first-order chi connectivity index (χ1) is 7.22. The highest BCUT2D eigenvalue weighted by molar-refractivity contribution is 5.55. The van der Waals surface area contributed by atoms with E-state index in [2.05, 4.69) is 62.5 Å². The molecule has 1 aromatic carbocycles. The quantitative estimate of drug-likeness (QED) is 0.751. The first kappa shape index (κ1) is 11.8. The summed E-state index contributed by atoms with van der Waals surface area (Å²) in [6, 6.07) is 9.05. The highest BCUT2D eigenvalue weighted by Crippen LogP contribution is 2.12. The lowest BCUT2D eigenvalue weighted by molar-refractivity contribution is 0.900. The van der Waals surface area contributed by atoms with Crippen molar-refractivity contribution in [2.75, 3.05) is 5.32 Å². The predicted octanol–water partition coefficient (Wildman–Crippen LogP) is 4.32. The molecule has 0 bridgehead atoms. The summed E-state index contributed by atoms with van der Waals surface area (Å²) >= 11 is 0. The van der Waals surface area contributed by atoms with Crippen molar-refractivity contribution in [1.29, 1.82) is 0 Å². The summed E-state index contributed by atoms with van der Waals surface area (Å²) in [4.78, 5) is 0. The van der Waals surface area contributed by atoms with E-state index in [9.17, 15) is 0 Å². The molecule has 1 rings (SSSR count). The summed E-state index contributed by atoms with van der Waals surface area (Å²) in [5, 5.41) is 3.38. The van der Waals surface area contributed by atoms with Gasteiger partial charge in [-0.05, 0) is 38.0 Å². The Balaban J connectivity index is 2.56. The van der Waals surface area contributed by atoms with Gasteiger partial charge in [0.1, 0.15) is 0 Å². The Bertz CT molecular complexity index is 296. The fourth-order valence-corrected chi connectivity index (χ4v) is 1.41. The molecule has 0 spiro atoms. The Morgan fingerprint density at radius 2 is 1.87 bits per heavy atom. The molecule has 0 amide bonds. The van der Waals surface area contributed by atoms with E-state index in [1.54, 1.807) is 0 Å². The van der Waals surface area contributed by atoms with Crippen molar-refractivity contribution in [2.24, 2.45) is 0 Å². The van der Waals surface area contributed by atoms with Crippen molar-refractivity contribution >= 4 is 11.8 Å². The van der Waals surface area contributed by atoms with Gasteiger partial charge in [0.15, 0.2) is 0 Å². The van der Waals surface area contributed by atoms with Crippen LogP contribution in [0, 0.1) is 0 Å². The molecule has 1 nitrogen and oxygen atoms in total. The van der Waals surface area contributed by atoms with Crippen LogP contribution in [0.5, 0.6) is 0 Å². The SMILES string of the molecule is CCC/C=C/c1ccc(NC(C)C)cc1. The molecule has 0 atom stereocenters. The van der Waals surface area contributed by atoms with Gasteiger partial charge in [0, 0.05) is 11.7 Å². The van der Waals surface area contributed by atoms with Crippen LogP contribution in [0.1, 0.15) is 39.2 Å². The van der Waals surface area contributed by atoms with E-state index in [1.165, 1.54) is 17.7 Å². The van der Waals surface area contributed by atoms with Crippen molar-refractivity contribution in [3.8, 4) is 0 Å². The number of anilines is 1. The van der Waals surface area contributed by atoms with Gasteiger partial charge in [-0.15, -0.1) is 0 Å². The van der Waals surface area contributed by atoms with Crippen LogP contribution in [0.2, 0.25) is 0 Å². The van der Waals surface area contributed by atoms with Crippen LogP contribution >= 0.6 is 0 Å². The zero-order valence-corrected chi connectivity index (χ0v) is 9.96. The topological polar surface area (TPSA) is 12.0 Å². The van der Waals surface area contributed by atoms with Crippen molar-refractivity contribution in [2.45, 2.75) is 39.7 Å². The number of rotatable bonds is 5. The molecule has 82 valence electrons. The summed E-state index contributed by atoms with van der Waals surface area (Å²) in [5.74, 6) is 0. The van der Waals surface area contributed by atoms with Gasteiger partial charge >= 0.3 is 0 Å². The van der Waals surface area contributed by atoms with Crippen molar-refractivity contribution in [3.63, 3.8) is 0 Å². The molecular formula is C14H21N. The third-order valence-corrected chi connectivity index (χ3v) is 2.13. The monoisotopic (exact) mass is 203 g/mol. The van der Waals surface area contributed by atoms with Crippen molar-refractivity contribution < 1.29 is 0 Å². The van der Waals surface area contributed by atoms with Crippen LogP contribution < -0.4 is 5.32 Å². The Kier molecular flexibility index (Phi) is 4.96. The number of allylic oxidation sites excluding steroid dienone is 1. The van der Waals surface area contributed by atoms with Crippen LogP contribution in [0.25, 0.3) is 6.08 Å². The lowest BCUT2D eigenvalue weighted by Crippen LogP contribution is -2.09. The zero-order valence-electron chi connectivity index (χ0n) is 9.96. The minimum atomic E-state index is 0.492. The first-order valence-electron chi connectivity index (χ1n) is 5.75. The standard InChI is InChI=1S/C14H21N/c1-4-5-6-7-13-8-10-14(11-9-13)15-12(2)3/h6-12,15H,4-5H2,1-3H3/b7-6+. The van der Waals surface area contributed by atoms with Crippen LogP contribution in [0.4, 0.5) is 5.69 Å². The molecule has 0 heterocycles. The highest BCUT2D eigenvalue weighted by Gasteiger charge is 1.93. The van der Waals surface area contributed by atoms with Crippen molar-refractivity contribution in [3.05, 3.63) is 35.9 Å². The van der Waals surface area contributed by atoms with E-state index in [-0.39, 0.29) is 0 Å². The van der Waals surface area contributed by atoms with E-state index in [0.29, 0.717) is 6.04 Å². The van der Waals surface area contributed by atoms with Gasteiger partial charge in [-0.1, -0.05) is 37.6 Å². The van der Waals surface area contributed by atoms with Crippen LogP contribution in [0.15, 0.2) is 30.3 Å². The van der Waals surface area contributed by atoms with E-state index < -0.39 is 0 Å². The van der Waals surface area contributed by atoms with Crippen molar-refractivity contribution in [1.82, 2.24) is 0 Å². The predicted molar refractivity (Wildman–Crippen MR) is 69.1 cm³/mol. The molecule has 0 aliphatic heterocycles. The molecule has 1 heteroatoms. The summed E-state index contributed by atoms with van der Waals surface area (Å²) in [5.41, 5.74) is 2.47. The number of unbranched alkanes of at least 4 members (excludes halogenated alkanes) is 1. The van der Waals surface area contributed by atoms with Gasteiger partial charge in [0.25, 0.3) is 0 Å². The summed E-state index contributed by atoms with van der Waals surface area (Å²) in [6.45, 7) is 6.49. The Labute approximate surface area is 93.2 Å². The third-order valence-electron chi connectivity index (χ3n) is 2.13. The maximum Gasteiger partial charge on any atom is 0.0342 e. The number of nitrogens with one attached hydrogen (secondary N) is 1. The smallest absolute Gasteiger partial charge is 0.0342 e. The third kappa shape index (κ3) is 4.68. The van der Waals surface area contributed by atoms with Crippen LogP contribution in [0.3, 0.4) is 0 Å². The second kappa shape index (κ2) is 6.28. The van der Waals surface area contributed by atoms with Gasteiger partial charge in [-0.3, -0.25) is 0 Å². The van der Waals surface area contributed by atoms with Gasteiger partial charge in [-0.25, -0.2) is 0 Å². The largest absolute Gasteiger partial charge is 0.383 e. The average molecular weight is 203 g/mol. The normalized spacial score (nSPS) is 11.2. The second-order valence-electron chi connectivity index (χ2n) is 4.11. The number of hydrogen-bond donors (Lipinski definition) is 1. The van der Waals surface area contributed by atoms with Gasteiger partial charge in [0.2, 0.25) is 0 Å². The van der Waals surface area contributed by atoms with Gasteiger partial charge in [0.05, 0.1) is 0 Å². The second-order valence-corrected chi connectivity index (χ2v) is 4.11. The summed E-state index contributed by atoms with van der Waals surface area (Å²) in [6.07, 6.45) is 6.78. The maximum absolute atomic E-state index is 3.38. The molecular weight excluding hydrogens is 182 g/mol. The van der Waals surface area contributed by atoms with E-state index in [4.69, 9.17) is 0 Å². The number of benzene rings is 1. The first-order valence-corrected chi connectivity index (χ1v) is 5.75. The fraction of sp³-hybridized carbons (Fsp3) is 0.429. The summed E-state index contributed by atoms with van der Waals surface area (Å²) in [7, 11) is 0. The van der Waals surface area contributed by atoms with E-state index >= 15 is 0 Å². The lowest BCUT2D eigenvalue weighted by atomic mass is 10.1. The molecule has 0 aliphatic carbocycles.